The molecule has 0 aromatic heterocycles. The molecule has 0 unspecified atom stereocenters. The van der Waals surface area contributed by atoms with E-state index in [1.165, 1.54) is 6.08 Å². The van der Waals surface area contributed by atoms with E-state index in [-0.39, 0.29) is 51.4 Å². The van der Waals surface area contributed by atoms with Crippen molar-refractivity contribution in [2.24, 2.45) is 0 Å². The zero-order valence-electron chi connectivity index (χ0n) is 7.98. The minimum atomic E-state index is -1.16. The SMILES string of the molecule is C/C=C/C=C/C(=O)[O-].CC(=O)O.[K+]. The third kappa shape index (κ3) is 47.7. The van der Waals surface area contributed by atoms with Crippen LogP contribution in [0.1, 0.15) is 13.8 Å². The number of allylic oxidation sites excluding steroid dienone is 3. The van der Waals surface area contributed by atoms with Crippen LogP contribution in [0.25, 0.3) is 0 Å². The van der Waals surface area contributed by atoms with E-state index in [9.17, 15) is 9.90 Å². The molecule has 0 amide bonds. The summed E-state index contributed by atoms with van der Waals surface area (Å²) in [6.07, 6.45) is 5.74. The van der Waals surface area contributed by atoms with E-state index >= 15 is 0 Å². The van der Waals surface area contributed by atoms with Crippen LogP contribution in [0.2, 0.25) is 0 Å². The Morgan fingerprint density at radius 1 is 1.31 bits per heavy atom. The normalized spacial score (nSPS) is 8.77. The Hall–Kier alpha value is 0.0564. The molecule has 0 saturated carbocycles. The van der Waals surface area contributed by atoms with Crippen LogP contribution >= 0.6 is 0 Å². The van der Waals surface area contributed by atoms with E-state index in [0.29, 0.717) is 0 Å². The first-order valence-corrected chi connectivity index (χ1v) is 3.20. The second-order valence-electron chi connectivity index (χ2n) is 1.72. The molecule has 0 aliphatic carbocycles. The average Bonchev–Trinajstić information content (AvgIpc) is 1.86. The van der Waals surface area contributed by atoms with E-state index in [1.54, 1.807) is 19.1 Å². The first-order chi connectivity index (χ1) is 5.50. The quantitative estimate of drug-likeness (QED) is 0.299. The zero-order valence-corrected chi connectivity index (χ0v) is 11.1. The van der Waals surface area contributed by atoms with Gasteiger partial charge in [-0.05, 0) is 13.0 Å². The van der Waals surface area contributed by atoms with Crippen LogP contribution in [0.15, 0.2) is 24.3 Å². The number of aliphatic carboxylic acids is 2. The van der Waals surface area contributed by atoms with Crippen molar-refractivity contribution in [3.8, 4) is 0 Å². The largest absolute Gasteiger partial charge is 1.00 e. The summed E-state index contributed by atoms with van der Waals surface area (Å²) in [5.41, 5.74) is 0. The second-order valence-corrected chi connectivity index (χ2v) is 1.72. The molecule has 0 rings (SSSR count). The maximum absolute atomic E-state index is 9.64. The predicted molar refractivity (Wildman–Crippen MR) is 42.3 cm³/mol. The molecule has 0 saturated heterocycles. The topological polar surface area (TPSA) is 77.4 Å². The minimum Gasteiger partial charge on any atom is -0.545 e. The van der Waals surface area contributed by atoms with Crippen LogP contribution in [-0.4, -0.2) is 17.0 Å². The molecule has 0 aromatic rings. The van der Waals surface area contributed by atoms with Crippen molar-refractivity contribution in [3.05, 3.63) is 24.3 Å². The molecule has 5 heteroatoms. The van der Waals surface area contributed by atoms with Gasteiger partial charge in [0.15, 0.2) is 0 Å². The maximum atomic E-state index is 9.64. The van der Waals surface area contributed by atoms with Gasteiger partial charge in [-0.1, -0.05) is 18.2 Å². The van der Waals surface area contributed by atoms with Gasteiger partial charge in [-0.2, -0.15) is 0 Å². The minimum absolute atomic E-state index is 0. The first kappa shape index (κ1) is 18.8. The smallest absolute Gasteiger partial charge is 0.545 e. The molecule has 0 fully saturated rings. The van der Waals surface area contributed by atoms with Gasteiger partial charge < -0.3 is 15.0 Å². The van der Waals surface area contributed by atoms with Crippen molar-refractivity contribution in [2.45, 2.75) is 13.8 Å². The number of carboxylic acid groups (broad SMARTS) is 2. The van der Waals surface area contributed by atoms with Crippen molar-refractivity contribution in [3.63, 3.8) is 0 Å². The van der Waals surface area contributed by atoms with Crippen molar-refractivity contribution in [2.75, 3.05) is 0 Å². The summed E-state index contributed by atoms with van der Waals surface area (Å²) < 4.78 is 0. The Balaban J connectivity index is -0.000000173. The fraction of sp³-hybridized carbons (Fsp3) is 0.250. The fourth-order valence-electron chi connectivity index (χ4n) is 0.245. The molecular weight excluding hydrogens is 199 g/mol. The summed E-state index contributed by atoms with van der Waals surface area (Å²) in [7, 11) is 0. The van der Waals surface area contributed by atoms with Gasteiger partial charge >= 0.3 is 51.4 Å². The molecular formula is C8H11KO4. The molecule has 0 atom stereocenters. The van der Waals surface area contributed by atoms with Gasteiger partial charge in [0.25, 0.3) is 5.97 Å². The molecule has 4 nitrogen and oxygen atoms in total. The summed E-state index contributed by atoms with van der Waals surface area (Å²) in [5, 5.41) is 17.1. The van der Waals surface area contributed by atoms with Crippen LogP contribution in [0, 0.1) is 0 Å². The Labute approximate surface area is 120 Å². The average molecular weight is 210 g/mol. The van der Waals surface area contributed by atoms with Gasteiger partial charge in [-0.3, -0.25) is 4.79 Å². The fourth-order valence-corrected chi connectivity index (χ4v) is 0.245. The van der Waals surface area contributed by atoms with E-state index in [1.807, 2.05) is 0 Å². The van der Waals surface area contributed by atoms with Crippen LogP contribution in [0.4, 0.5) is 0 Å². The summed E-state index contributed by atoms with van der Waals surface area (Å²) in [6.45, 7) is 2.89. The van der Waals surface area contributed by atoms with Crippen LogP contribution in [0.3, 0.4) is 0 Å². The van der Waals surface area contributed by atoms with E-state index in [0.717, 1.165) is 13.0 Å². The molecule has 0 aromatic carbocycles. The number of rotatable bonds is 2. The summed E-state index contributed by atoms with van der Waals surface area (Å²) >= 11 is 0. The molecule has 0 bridgehead atoms. The Bertz CT molecular complexity index is 192. The Morgan fingerprint density at radius 2 is 1.69 bits per heavy atom. The van der Waals surface area contributed by atoms with Crippen LogP contribution in [-0.2, 0) is 9.59 Å². The van der Waals surface area contributed by atoms with Crippen molar-refractivity contribution >= 4 is 11.9 Å². The molecule has 0 heterocycles. The van der Waals surface area contributed by atoms with Crippen molar-refractivity contribution in [1.82, 2.24) is 0 Å². The van der Waals surface area contributed by atoms with Crippen molar-refractivity contribution in [1.29, 1.82) is 0 Å². The molecule has 0 aliphatic heterocycles. The van der Waals surface area contributed by atoms with Crippen LogP contribution in [0.5, 0.6) is 0 Å². The number of carbonyl (C=O) groups is 2. The van der Waals surface area contributed by atoms with E-state index in [4.69, 9.17) is 9.90 Å². The second kappa shape index (κ2) is 14.6. The summed E-state index contributed by atoms with van der Waals surface area (Å²) in [5.74, 6) is -2.00. The maximum Gasteiger partial charge on any atom is 1.00 e. The third-order valence-electron chi connectivity index (χ3n) is 0.536. The van der Waals surface area contributed by atoms with Gasteiger partial charge in [-0.15, -0.1) is 0 Å². The molecule has 0 aliphatic rings. The van der Waals surface area contributed by atoms with Crippen molar-refractivity contribution < 1.29 is 71.2 Å². The van der Waals surface area contributed by atoms with Gasteiger partial charge in [0, 0.05) is 6.92 Å². The molecule has 0 spiro atoms. The van der Waals surface area contributed by atoms with Crippen LogP contribution < -0.4 is 56.5 Å². The number of carboxylic acids is 2. The van der Waals surface area contributed by atoms with Gasteiger partial charge in [0.2, 0.25) is 0 Å². The molecule has 13 heavy (non-hydrogen) atoms. The predicted octanol–water partition coefficient (Wildman–Crippen LogP) is -3.04. The van der Waals surface area contributed by atoms with Gasteiger partial charge in [-0.25, -0.2) is 0 Å². The monoisotopic (exact) mass is 210 g/mol. The summed E-state index contributed by atoms with van der Waals surface area (Å²) in [4.78, 5) is 18.6. The molecule has 1 N–H and O–H groups in total. The Kier molecular flexibility index (Phi) is 21.0. The zero-order chi connectivity index (χ0) is 9.98. The third-order valence-corrected chi connectivity index (χ3v) is 0.536. The van der Waals surface area contributed by atoms with Gasteiger partial charge in [0.05, 0.1) is 5.97 Å². The first-order valence-electron chi connectivity index (χ1n) is 3.20. The van der Waals surface area contributed by atoms with Gasteiger partial charge in [0.1, 0.15) is 0 Å². The Morgan fingerprint density at radius 3 is 1.92 bits per heavy atom. The molecule has 68 valence electrons. The number of hydrogen-bond donors (Lipinski definition) is 1. The summed E-state index contributed by atoms with van der Waals surface area (Å²) in [6, 6.07) is 0. The van der Waals surface area contributed by atoms with E-state index < -0.39 is 11.9 Å². The standard InChI is InChI=1S/C6H8O2.C2H4O2.K/c1-2-3-4-5-6(7)8;1-2(3)4;/h2-5H,1H3,(H,7,8);1H3,(H,3,4);/q;;+1/p-1/b3-2+,5-4+;;. The number of carbonyl (C=O) groups excluding carboxylic acids is 1. The molecule has 0 radical (unpaired) electrons. The van der Waals surface area contributed by atoms with E-state index in [2.05, 4.69) is 0 Å². The number of hydrogen-bond acceptors (Lipinski definition) is 3.